The van der Waals surface area contributed by atoms with Crippen LogP contribution in [0.5, 0.6) is 23.0 Å². The van der Waals surface area contributed by atoms with Gasteiger partial charge in [0.15, 0.2) is 17.1 Å². The van der Waals surface area contributed by atoms with Crippen LogP contribution in [0.25, 0.3) is 28.0 Å². The molecule has 5 aromatic carbocycles. The van der Waals surface area contributed by atoms with Crippen LogP contribution in [0.15, 0.2) is 78.9 Å². The fraction of sp³-hybridized carbons (Fsp3) is 0.268. The van der Waals surface area contributed by atoms with Gasteiger partial charge in [-0.2, -0.15) is 0 Å². The average Bonchev–Trinajstić information content (AvgIpc) is 3.36. The summed E-state index contributed by atoms with van der Waals surface area (Å²) in [5, 5.41) is 1.46. The molecule has 0 saturated heterocycles. The van der Waals surface area contributed by atoms with Gasteiger partial charge in [-0.1, -0.05) is 50.1 Å². The maximum Gasteiger partial charge on any atom is 0.178 e. The van der Waals surface area contributed by atoms with Gasteiger partial charge in [0.05, 0.1) is 21.3 Å². The molecule has 0 aromatic heterocycles. The van der Waals surface area contributed by atoms with E-state index < -0.39 is 22.7 Å². The van der Waals surface area contributed by atoms with E-state index in [1.807, 2.05) is 42.5 Å². The SMILES string of the molecule is COc1ccc(C2(c3ccc(F)cc3)C=Cc3c4c(c5cc(OC)c(OC)cc5c3O2)-c2cc(F)cc(F)c2C42CCCC(C)C2)cc1. The van der Waals surface area contributed by atoms with Gasteiger partial charge in [0.1, 0.15) is 29.0 Å². The summed E-state index contributed by atoms with van der Waals surface area (Å²) < 4.78 is 70.0. The van der Waals surface area contributed by atoms with E-state index in [2.05, 4.69) is 13.0 Å². The van der Waals surface area contributed by atoms with Crippen LogP contribution in [0.3, 0.4) is 0 Å². The Balaban J connectivity index is 1.50. The fourth-order valence-electron chi connectivity index (χ4n) is 8.64. The van der Waals surface area contributed by atoms with Crippen molar-refractivity contribution >= 4 is 16.8 Å². The lowest BCUT2D eigenvalue weighted by Gasteiger charge is -2.42. The average molecular weight is 649 g/mol. The molecule has 48 heavy (non-hydrogen) atoms. The Bertz CT molecular complexity index is 2120. The summed E-state index contributed by atoms with van der Waals surface area (Å²) >= 11 is 0. The summed E-state index contributed by atoms with van der Waals surface area (Å²) in [5.74, 6) is 1.08. The summed E-state index contributed by atoms with van der Waals surface area (Å²) in [4.78, 5) is 0. The minimum atomic E-state index is -1.16. The van der Waals surface area contributed by atoms with E-state index in [4.69, 9.17) is 18.9 Å². The third-order valence-corrected chi connectivity index (χ3v) is 10.6. The van der Waals surface area contributed by atoms with Gasteiger partial charge in [0, 0.05) is 39.1 Å². The molecular formula is C41H35F3O4. The number of fused-ring (bicyclic) bond motifs is 10. The molecule has 1 heterocycles. The van der Waals surface area contributed by atoms with E-state index in [0.717, 1.165) is 65.0 Å². The normalized spacial score (nSPS) is 22.2. The van der Waals surface area contributed by atoms with Crippen LogP contribution in [0.1, 0.15) is 60.4 Å². The molecule has 3 unspecified atom stereocenters. The van der Waals surface area contributed by atoms with E-state index in [9.17, 15) is 4.39 Å². The van der Waals surface area contributed by atoms with Crippen LogP contribution in [-0.4, -0.2) is 21.3 Å². The summed E-state index contributed by atoms with van der Waals surface area (Å²) in [6, 6.07) is 20.2. The van der Waals surface area contributed by atoms with Crippen LogP contribution in [0.2, 0.25) is 0 Å². The number of ether oxygens (including phenoxy) is 4. The second-order valence-electron chi connectivity index (χ2n) is 13.2. The molecular weight excluding hydrogens is 613 g/mol. The first kappa shape index (κ1) is 30.4. The molecule has 3 aliphatic rings. The highest BCUT2D eigenvalue weighted by molar-refractivity contribution is 6.09. The summed E-state index contributed by atoms with van der Waals surface area (Å²) in [7, 11) is 4.76. The van der Waals surface area contributed by atoms with Crippen molar-refractivity contribution in [1.82, 2.24) is 0 Å². The van der Waals surface area contributed by atoms with Crippen molar-refractivity contribution in [2.45, 2.75) is 43.6 Å². The molecule has 5 aromatic rings. The number of hydrogen-bond donors (Lipinski definition) is 0. The van der Waals surface area contributed by atoms with Gasteiger partial charge >= 0.3 is 0 Å². The maximum atomic E-state index is 16.3. The van der Waals surface area contributed by atoms with E-state index in [1.165, 1.54) is 18.2 Å². The lowest BCUT2D eigenvalue weighted by atomic mass is 9.63. The van der Waals surface area contributed by atoms with Crippen LogP contribution in [0.4, 0.5) is 13.2 Å². The molecule has 8 rings (SSSR count). The Kier molecular flexibility index (Phi) is 7.02. The molecule has 0 amide bonds. The van der Waals surface area contributed by atoms with E-state index in [-0.39, 0.29) is 5.82 Å². The van der Waals surface area contributed by atoms with Gasteiger partial charge in [-0.05, 0) is 89.4 Å². The molecule has 1 saturated carbocycles. The Labute approximate surface area is 277 Å². The summed E-state index contributed by atoms with van der Waals surface area (Å²) in [6.45, 7) is 2.21. The highest BCUT2D eigenvalue weighted by Gasteiger charge is 2.51. The maximum absolute atomic E-state index is 16.3. The quantitative estimate of drug-likeness (QED) is 0.190. The first-order valence-electron chi connectivity index (χ1n) is 16.3. The molecule has 3 atom stereocenters. The number of halogens is 3. The molecule has 4 nitrogen and oxygen atoms in total. The molecule has 2 aliphatic carbocycles. The number of rotatable bonds is 5. The summed E-state index contributed by atoms with van der Waals surface area (Å²) in [5.41, 5.74) is 3.37. The van der Waals surface area contributed by atoms with Crippen LogP contribution in [-0.2, 0) is 11.0 Å². The topological polar surface area (TPSA) is 36.9 Å². The zero-order valence-corrected chi connectivity index (χ0v) is 27.3. The highest BCUT2D eigenvalue weighted by Crippen LogP contribution is 2.63. The largest absolute Gasteiger partial charge is 0.497 e. The Morgan fingerprint density at radius 2 is 1.42 bits per heavy atom. The van der Waals surface area contributed by atoms with Crippen molar-refractivity contribution in [2.75, 3.05) is 21.3 Å². The zero-order chi connectivity index (χ0) is 33.4. The number of methoxy groups -OCH3 is 3. The Morgan fingerprint density at radius 3 is 2.06 bits per heavy atom. The Hall–Kier alpha value is -4.91. The predicted octanol–water partition coefficient (Wildman–Crippen LogP) is 10.1. The van der Waals surface area contributed by atoms with Gasteiger partial charge in [-0.15, -0.1) is 0 Å². The smallest absolute Gasteiger partial charge is 0.178 e. The van der Waals surface area contributed by atoms with Crippen LogP contribution in [0, 0.1) is 23.4 Å². The van der Waals surface area contributed by atoms with E-state index >= 15 is 8.78 Å². The van der Waals surface area contributed by atoms with Gasteiger partial charge in [0.25, 0.3) is 0 Å². The highest BCUT2D eigenvalue weighted by atomic mass is 19.1. The fourth-order valence-corrected chi connectivity index (χ4v) is 8.64. The predicted molar refractivity (Wildman–Crippen MR) is 181 cm³/mol. The number of hydrogen-bond acceptors (Lipinski definition) is 4. The minimum absolute atomic E-state index is 0.324. The van der Waals surface area contributed by atoms with E-state index in [1.54, 1.807) is 33.5 Å². The molecule has 0 N–H and O–H groups in total. The minimum Gasteiger partial charge on any atom is -0.497 e. The van der Waals surface area contributed by atoms with Crippen molar-refractivity contribution in [2.24, 2.45) is 5.92 Å². The second-order valence-corrected chi connectivity index (χ2v) is 13.2. The lowest BCUT2D eigenvalue weighted by molar-refractivity contribution is 0.162. The van der Waals surface area contributed by atoms with Gasteiger partial charge in [-0.25, -0.2) is 13.2 Å². The molecule has 1 spiro atoms. The third-order valence-electron chi connectivity index (χ3n) is 10.6. The van der Waals surface area contributed by atoms with Crippen molar-refractivity contribution in [3.8, 4) is 34.1 Å². The van der Waals surface area contributed by atoms with Gasteiger partial charge < -0.3 is 18.9 Å². The third kappa shape index (κ3) is 4.29. The van der Waals surface area contributed by atoms with Crippen LogP contribution < -0.4 is 18.9 Å². The lowest BCUT2D eigenvalue weighted by Crippen LogP contribution is -2.36. The van der Waals surface area contributed by atoms with Crippen LogP contribution >= 0.6 is 0 Å². The van der Waals surface area contributed by atoms with Crippen molar-refractivity contribution in [3.63, 3.8) is 0 Å². The van der Waals surface area contributed by atoms with Gasteiger partial charge in [0.2, 0.25) is 0 Å². The first-order valence-corrected chi connectivity index (χ1v) is 16.3. The van der Waals surface area contributed by atoms with Crippen molar-refractivity contribution in [3.05, 3.63) is 124 Å². The monoisotopic (exact) mass is 648 g/mol. The number of benzene rings is 5. The van der Waals surface area contributed by atoms with Gasteiger partial charge in [-0.3, -0.25) is 0 Å². The zero-order valence-electron chi connectivity index (χ0n) is 27.3. The molecule has 1 fully saturated rings. The molecule has 1 aliphatic heterocycles. The molecule has 0 bridgehead atoms. The summed E-state index contributed by atoms with van der Waals surface area (Å²) in [6.07, 6.45) is 7.44. The molecule has 7 heteroatoms. The molecule has 0 radical (unpaired) electrons. The van der Waals surface area contributed by atoms with Crippen molar-refractivity contribution < 1.29 is 32.1 Å². The first-order chi connectivity index (χ1) is 23.2. The molecule has 244 valence electrons. The van der Waals surface area contributed by atoms with Crippen molar-refractivity contribution in [1.29, 1.82) is 0 Å². The second kappa shape index (κ2) is 11.1. The standard InChI is InChI=1S/C41H35F3O4/c1-23-6-5-16-40(22-23)37-32(18-27(43)19-33(37)44)36-30-20-34(46-3)35(47-4)21-31(30)39-29(38(36)40)15-17-41(48-39,24-7-11-26(42)12-8-24)25-9-13-28(45-2)14-10-25/h7-15,17-21,23H,5-6,16,22H2,1-4H3. The van der Waals surface area contributed by atoms with E-state index in [0.29, 0.717) is 45.4 Å². The Morgan fingerprint density at radius 1 is 0.750 bits per heavy atom.